The quantitative estimate of drug-likeness (QED) is 0.723. The van der Waals surface area contributed by atoms with E-state index in [1.165, 1.54) is 0 Å². The Morgan fingerprint density at radius 3 is 2.79 bits per heavy atom. The molecule has 1 aliphatic rings. The van der Waals surface area contributed by atoms with Crippen molar-refractivity contribution in [3.05, 3.63) is 22.4 Å². The van der Waals surface area contributed by atoms with Gasteiger partial charge in [-0.2, -0.15) is 0 Å². The monoisotopic (exact) mass is 284 g/mol. The number of hydrogen-bond donors (Lipinski definition) is 3. The van der Waals surface area contributed by atoms with Gasteiger partial charge in [-0.25, -0.2) is 9.59 Å². The van der Waals surface area contributed by atoms with Crippen LogP contribution in [-0.2, 0) is 11.3 Å². The van der Waals surface area contributed by atoms with E-state index in [9.17, 15) is 9.59 Å². The van der Waals surface area contributed by atoms with Gasteiger partial charge >= 0.3 is 12.0 Å². The Kier molecular flexibility index (Phi) is 4.39. The fourth-order valence-corrected chi connectivity index (χ4v) is 2.40. The first-order chi connectivity index (χ1) is 9.08. The second-order valence-corrected chi connectivity index (χ2v) is 5.51. The van der Waals surface area contributed by atoms with Gasteiger partial charge in [-0.3, -0.25) is 0 Å². The van der Waals surface area contributed by atoms with Gasteiger partial charge in [0.25, 0.3) is 0 Å². The Bertz CT molecular complexity index is 445. The molecule has 3 N–H and O–H groups in total. The van der Waals surface area contributed by atoms with Crippen LogP contribution >= 0.6 is 11.3 Å². The molecule has 1 aromatic rings. The summed E-state index contributed by atoms with van der Waals surface area (Å²) in [5, 5.41) is 22.1. The lowest BCUT2D eigenvalue weighted by Gasteiger charge is -2.22. The largest absolute Gasteiger partial charge is 0.479 e. The minimum atomic E-state index is -1.56. The Balaban J connectivity index is 1.88. The molecule has 7 heteroatoms. The lowest BCUT2D eigenvalue weighted by molar-refractivity contribution is -0.146. The third-order valence-corrected chi connectivity index (χ3v) is 3.75. The zero-order valence-corrected chi connectivity index (χ0v) is 11.1. The average molecular weight is 284 g/mol. The van der Waals surface area contributed by atoms with Gasteiger partial charge in [-0.15, -0.1) is 11.3 Å². The van der Waals surface area contributed by atoms with Crippen molar-refractivity contribution in [2.45, 2.75) is 31.5 Å². The molecule has 1 saturated carbocycles. The number of aliphatic hydroxyl groups is 1. The molecule has 0 spiro atoms. The highest BCUT2D eigenvalue weighted by Gasteiger charge is 2.33. The molecular weight excluding hydrogens is 268 g/mol. The fraction of sp³-hybridized carbons (Fsp3) is 0.500. The topological polar surface area (TPSA) is 89.9 Å². The molecule has 1 atom stereocenters. The predicted molar refractivity (Wildman–Crippen MR) is 69.9 cm³/mol. The Labute approximate surface area is 114 Å². The van der Waals surface area contributed by atoms with E-state index >= 15 is 0 Å². The Hall–Kier alpha value is -1.60. The molecule has 1 fully saturated rings. The van der Waals surface area contributed by atoms with Crippen molar-refractivity contribution in [1.82, 2.24) is 10.2 Å². The average Bonchev–Trinajstić information content (AvgIpc) is 3.09. The second-order valence-electron chi connectivity index (χ2n) is 4.48. The van der Waals surface area contributed by atoms with E-state index < -0.39 is 12.1 Å². The summed E-state index contributed by atoms with van der Waals surface area (Å²) in [6.45, 7) is 0.249. The number of nitrogens with one attached hydrogen (secondary N) is 1. The van der Waals surface area contributed by atoms with E-state index in [2.05, 4.69) is 5.32 Å². The third-order valence-electron chi connectivity index (χ3n) is 2.89. The van der Waals surface area contributed by atoms with Crippen LogP contribution in [0.5, 0.6) is 0 Å². The van der Waals surface area contributed by atoms with Gasteiger partial charge in [0.1, 0.15) is 0 Å². The number of carboxylic acid groups (broad SMARTS) is 1. The van der Waals surface area contributed by atoms with Gasteiger partial charge in [0.15, 0.2) is 6.10 Å². The summed E-state index contributed by atoms with van der Waals surface area (Å²) in [4.78, 5) is 25.2. The molecule has 0 radical (unpaired) electrons. The molecular formula is C12H16N2O4S. The normalized spacial score (nSPS) is 15.8. The Morgan fingerprint density at radius 1 is 1.53 bits per heavy atom. The molecule has 104 valence electrons. The van der Waals surface area contributed by atoms with Crippen LogP contribution in [0.3, 0.4) is 0 Å². The standard InChI is InChI=1S/C12H16N2O4S/c15-10(11(16)17)6-13-12(18)14(8-3-4-8)7-9-2-1-5-19-9/h1-2,5,8,10,15H,3-4,6-7H2,(H,13,18)(H,16,17). The summed E-state index contributed by atoms with van der Waals surface area (Å²) in [6, 6.07) is 3.79. The summed E-state index contributed by atoms with van der Waals surface area (Å²) in [7, 11) is 0. The van der Waals surface area contributed by atoms with Gasteiger partial charge in [0, 0.05) is 10.9 Å². The van der Waals surface area contributed by atoms with Gasteiger partial charge in [-0.05, 0) is 24.3 Å². The number of carboxylic acids is 1. The van der Waals surface area contributed by atoms with Crippen LogP contribution < -0.4 is 5.32 Å². The molecule has 1 aliphatic carbocycles. The smallest absolute Gasteiger partial charge is 0.334 e. The van der Waals surface area contributed by atoms with Crippen LogP contribution in [0.2, 0.25) is 0 Å². The first-order valence-electron chi connectivity index (χ1n) is 6.05. The van der Waals surface area contributed by atoms with E-state index in [1.807, 2.05) is 17.5 Å². The predicted octanol–water partition coefficient (Wildman–Crippen LogP) is 0.868. The summed E-state index contributed by atoms with van der Waals surface area (Å²) in [5.74, 6) is -1.34. The minimum Gasteiger partial charge on any atom is -0.479 e. The number of hydrogen-bond acceptors (Lipinski definition) is 4. The number of aliphatic hydroxyl groups excluding tert-OH is 1. The first-order valence-corrected chi connectivity index (χ1v) is 6.93. The van der Waals surface area contributed by atoms with Crippen LogP contribution in [0.25, 0.3) is 0 Å². The SMILES string of the molecule is O=C(O)C(O)CNC(=O)N(Cc1cccs1)C1CC1. The molecule has 0 saturated heterocycles. The second kappa shape index (κ2) is 6.03. The van der Waals surface area contributed by atoms with Crippen molar-refractivity contribution in [2.24, 2.45) is 0 Å². The van der Waals surface area contributed by atoms with Crippen molar-refractivity contribution in [3.8, 4) is 0 Å². The minimum absolute atomic E-state index is 0.226. The molecule has 6 nitrogen and oxygen atoms in total. The van der Waals surface area contributed by atoms with E-state index in [0.717, 1.165) is 17.7 Å². The number of rotatable bonds is 6. The lowest BCUT2D eigenvalue weighted by Crippen LogP contribution is -2.45. The number of urea groups is 1. The highest BCUT2D eigenvalue weighted by molar-refractivity contribution is 7.09. The summed E-state index contributed by atoms with van der Waals surface area (Å²) in [6.07, 6.45) is 0.382. The molecule has 19 heavy (non-hydrogen) atoms. The third kappa shape index (κ3) is 3.93. The van der Waals surface area contributed by atoms with E-state index in [4.69, 9.17) is 10.2 Å². The number of aliphatic carboxylic acids is 1. The fourth-order valence-electron chi connectivity index (χ4n) is 1.70. The molecule has 2 rings (SSSR count). The van der Waals surface area contributed by atoms with Crippen molar-refractivity contribution in [3.63, 3.8) is 0 Å². The number of amides is 2. The van der Waals surface area contributed by atoms with Crippen LogP contribution in [0.4, 0.5) is 4.79 Å². The maximum atomic E-state index is 12.0. The molecule has 0 bridgehead atoms. The zero-order chi connectivity index (χ0) is 13.8. The number of thiophene rings is 1. The summed E-state index contributed by atoms with van der Waals surface area (Å²) < 4.78 is 0. The molecule has 2 amide bonds. The van der Waals surface area contributed by atoms with Crippen LogP contribution in [0.1, 0.15) is 17.7 Å². The van der Waals surface area contributed by atoms with Crippen LogP contribution in [0, 0.1) is 0 Å². The van der Waals surface area contributed by atoms with Crippen molar-refractivity contribution >= 4 is 23.3 Å². The number of nitrogens with zero attached hydrogens (tertiary/aromatic N) is 1. The van der Waals surface area contributed by atoms with Gasteiger partial charge in [0.2, 0.25) is 0 Å². The van der Waals surface area contributed by atoms with Gasteiger partial charge in [0.05, 0.1) is 13.1 Å². The van der Waals surface area contributed by atoms with Crippen molar-refractivity contribution < 1.29 is 19.8 Å². The van der Waals surface area contributed by atoms with E-state index in [1.54, 1.807) is 16.2 Å². The molecule has 1 aromatic heterocycles. The zero-order valence-electron chi connectivity index (χ0n) is 10.3. The molecule has 1 unspecified atom stereocenters. The Morgan fingerprint density at radius 2 is 2.26 bits per heavy atom. The molecule has 1 heterocycles. The molecule has 0 aromatic carbocycles. The highest BCUT2D eigenvalue weighted by Crippen LogP contribution is 2.29. The van der Waals surface area contributed by atoms with E-state index in [-0.39, 0.29) is 18.6 Å². The van der Waals surface area contributed by atoms with Gasteiger partial charge < -0.3 is 20.4 Å². The lowest BCUT2D eigenvalue weighted by atomic mass is 10.3. The number of carbonyl (C=O) groups is 2. The maximum Gasteiger partial charge on any atom is 0.334 e. The van der Waals surface area contributed by atoms with Crippen LogP contribution in [-0.4, -0.2) is 45.8 Å². The summed E-state index contributed by atoms with van der Waals surface area (Å²) >= 11 is 1.58. The number of carbonyl (C=O) groups excluding carboxylic acids is 1. The van der Waals surface area contributed by atoms with Crippen LogP contribution in [0.15, 0.2) is 17.5 Å². The maximum absolute atomic E-state index is 12.0. The van der Waals surface area contributed by atoms with Crippen molar-refractivity contribution in [2.75, 3.05) is 6.54 Å². The summed E-state index contributed by atoms with van der Waals surface area (Å²) in [5.41, 5.74) is 0. The van der Waals surface area contributed by atoms with E-state index in [0.29, 0.717) is 6.54 Å². The van der Waals surface area contributed by atoms with Gasteiger partial charge in [-0.1, -0.05) is 6.07 Å². The molecule has 0 aliphatic heterocycles. The first kappa shape index (κ1) is 13.8. The van der Waals surface area contributed by atoms with Crippen molar-refractivity contribution in [1.29, 1.82) is 0 Å². The highest BCUT2D eigenvalue weighted by atomic mass is 32.1.